The first-order valence-electron chi connectivity index (χ1n) is 7.54. The molecule has 0 spiro atoms. The molecular weight excluding hydrogens is 354 g/mol. The number of hydrogen-bond donors (Lipinski definition) is 1. The van der Waals surface area contributed by atoms with Crippen molar-refractivity contribution >= 4 is 38.7 Å². The molecule has 0 radical (unpaired) electrons. The minimum atomic E-state index is -0.573. The van der Waals surface area contributed by atoms with Gasteiger partial charge in [0.1, 0.15) is 12.1 Å². The van der Waals surface area contributed by atoms with Crippen LogP contribution in [0.15, 0.2) is 60.4 Å². The summed E-state index contributed by atoms with van der Waals surface area (Å²) in [7, 11) is 0. The Morgan fingerprint density at radius 2 is 1.92 bits per heavy atom. The van der Waals surface area contributed by atoms with E-state index in [4.69, 9.17) is 4.74 Å². The Morgan fingerprint density at radius 1 is 1.08 bits per heavy atom. The number of nitrogens with one attached hydrogen (secondary N) is 1. The molecule has 0 unspecified atom stereocenters. The quantitative estimate of drug-likeness (QED) is 0.409. The van der Waals surface area contributed by atoms with Crippen LogP contribution in [0.2, 0.25) is 0 Å². The fourth-order valence-electron chi connectivity index (χ4n) is 2.47. The molecule has 4 aromatic rings. The van der Waals surface area contributed by atoms with Crippen LogP contribution < -0.4 is 10.1 Å². The van der Waals surface area contributed by atoms with Gasteiger partial charge in [-0.25, -0.2) is 9.97 Å². The molecule has 0 aliphatic heterocycles. The van der Waals surface area contributed by atoms with Gasteiger partial charge >= 0.3 is 11.6 Å². The zero-order valence-electron chi connectivity index (χ0n) is 13.2. The molecule has 0 saturated carbocycles. The van der Waals surface area contributed by atoms with Crippen molar-refractivity contribution in [2.45, 2.75) is 0 Å². The smallest absolute Gasteiger partial charge is 0.373 e. The lowest BCUT2D eigenvalue weighted by molar-refractivity contribution is -0.385. The highest BCUT2D eigenvalue weighted by molar-refractivity contribution is 7.13. The zero-order chi connectivity index (χ0) is 17.9. The molecule has 2 aromatic heterocycles. The lowest BCUT2D eigenvalue weighted by Crippen LogP contribution is -2.03. The van der Waals surface area contributed by atoms with Gasteiger partial charge in [0, 0.05) is 17.0 Å². The summed E-state index contributed by atoms with van der Waals surface area (Å²) in [5.74, 6) is 0.362. The van der Waals surface area contributed by atoms with Gasteiger partial charge in [-0.15, -0.1) is 11.3 Å². The second-order valence-electron chi connectivity index (χ2n) is 5.17. The minimum Gasteiger partial charge on any atom is -0.433 e. The van der Waals surface area contributed by atoms with Crippen LogP contribution in [0.4, 0.5) is 16.6 Å². The van der Waals surface area contributed by atoms with Crippen molar-refractivity contribution in [3.8, 4) is 11.6 Å². The molecule has 0 atom stereocenters. The lowest BCUT2D eigenvalue weighted by atomic mass is 10.1. The van der Waals surface area contributed by atoms with Gasteiger partial charge in [-0.05, 0) is 11.5 Å². The molecule has 0 aliphatic rings. The first-order valence-corrected chi connectivity index (χ1v) is 8.42. The number of fused-ring (bicyclic) bond motifs is 1. The normalized spacial score (nSPS) is 10.6. The number of anilines is 2. The summed E-state index contributed by atoms with van der Waals surface area (Å²) < 4.78 is 5.79. The maximum Gasteiger partial charge on any atom is 0.373 e. The van der Waals surface area contributed by atoms with Crippen LogP contribution in [0.5, 0.6) is 11.6 Å². The summed E-state index contributed by atoms with van der Waals surface area (Å²) >= 11 is 1.30. The molecule has 26 heavy (non-hydrogen) atoms. The van der Waals surface area contributed by atoms with Gasteiger partial charge in [-0.2, -0.15) is 4.98 Å². The molecule has 4 rings (SSSR count). The highest BCUT2D eigenvalue weighted by Crippen LogP contribution is 2.37. The van der Waals surface area contributed by atoms with E-state index in [9.17, 15) is 10.1 Å². The average molecular weight is 365 g/mol. The molecule has 2 aromatic carbocycles. The van der Waals surface area contributed by atoms with E-state index in [1.54, 1.807) is 17.6 Å². The summed E-state index contributed by atoms with van der Waals surface area (Å²) in [6.07, 6.45) is 2.80. The first kappa shape index (κ1) is 15.9. The SMILES string of the molecule is O=[N+]([O-])c1c(Nc2nccs2)ncnc1Oc1cccc2ccccc12. The van der Waals surface area contributed by atoms with E-state index >= 15 is 0 Å². The molecular formula is C17H11N5O3S. The number of rotatable bonds is 5. The van der Waals surface area contributed by atoms with Crippen molar-refractivity contribution in [3.05, 3.63) is 70.5 Å². The molecule has 9 heteroatoms. The first-order chi connectivity index (χ1) is 12.7. The number of thiazole rings is 1. The van der Waals surface area contributed by atoms with Crippen molar-refractivity contribution in [2.24, 2.45) is 0 Å². The number of nitrogens with zero attached hydrogens (tertiary/aromatic N) is 4. The van der Waals surface area contributed by atoms with Gasteiger partial charge in [-0.1, -0.05) is 36.4 Å². The highest BCUT2D eigenvalue weighted by Gasteiger charge is 2.26. The van der Waals surface area contributed by atoms with E-state index in [-0.39, 0.29) is 17.4 Å². The van der Waals surface area contributed by atoms with Crippen LogP contribution in [-0.4, -0.2) is 19.9 Å². The van der Waals surface area contributed by atoms with E-state index in [1.807, 2.05) is 36.4 Å². The largest absolute Gasteiger partial charge is 0.433 e. The summed E-state index contributed by atoms with van der Waals surface area (Å²) in [4.78, 5) is 23.0. The Kier molecular flexibility index (Phi) is 4.12. The minimum absolute atomic E-state index is 0.0233. The van der Waals surface area contributed by atoms with Crippen LogP contribution in [0.1, 0.15) is 0 Å². The summed E-state index contributed by atoms with van der Waals surface area (Å²) in [6.45, 7) is 0. The third-order valence-corrected chi connectivity index (χ3v) is 4.27. The molecule has 128 valence electrons. The Hall–Kier alpha value is -3.59. The van der Waals surface area contributed by atoms with E-state index in [0.717, 1.165) is 10.8 Å². The predicted octanol–water partition coefficient (Wildman–Crippen LogP) is 4.53. The van der Waals surface area contributed by atoms with Crippen LogP contribution in [0.3, 0.4) is 0 Å². The van der Waals surface area contributed by atoms with Crippen LogP contribution in [0.25, 0.3) is 10.8 Å². The molecule has 8 nitrogen and oxygen atoms in total. The van der Waals surface area contributed by atoms with E-state index in [0.29, 0.717) is 10.9 Å². The Morgan fingerprint density at radius 3 is 2.73 bits per heavy atom. The van der Waals surface area contributed by atoms with Gasteiger partial charge in [0.2, 0.25) is 5.82 Å². The maximum absolute atomic E-state index is 11.6. The van der Waals surface area contributed by atoms with Crippen LogP contribution in [-0.2, 0) is 0 Å². The fourth-order valence-corrected chi connectivity index (χ4v) is 3.00. The van der Waals surface area contributed by atoms with Gasteiger partial charge in [0.25, 0.3) is 0 Å². The maximum atomic E-state index is 11.6. The summed E-state index contributed by atoms with van der Waals surface area (Å²) in [6, 6.07) is 13.1. The Bertz CT molecular complexity index is 1080. The van der Waals surface area contributed by atoms with Crippen LogP contribution >= 0.6 is 11.3 Å². The predicted molar refractivity (Wildman–Crippen MR) is 98.1 cm³/mol. The topological polar surface area (TPSA) is 103 Å². The molecule has 2 heterocycles. The lowest BCUT2D eigenvalue weighted by Gasteiger charge is -2.10. The Labute approximate surface area is 151 Å². The third kappa shape index (κ3) is 3.03. The van der Waals surface area contributed by atoms with E-state index in [1.165, 1.54) is 17.7 Å². The van der Waals surface area contributed by atoms with Crippen molar-refractivity contribution in [3.63, 3.8) is 0 Å². The standard InChI is InChI=1S/C17H11N5O3S/c23-22(24)14-15(21-17-18-8-9-26-17)19-10-20-16(14)25-13-7-3-5-11-4-1-2-6-12(11)13/h1-10H,(H,18,19,20,21). The molecule has 0 fully saturated rings. The van der Waals surface area contributed by atoms with Gasteiger partial charge < -0.3 is 10.1 Å². The summed E-state index contributed by atoms with van der Waals surface area (Å²) in [5.41, 5.74) is -0.351. The highest BCUT2D eigenvalue weighted by atomic mass is 32.1. The number of nitro groups is 1. The second-order valence-corrected chi connectivity index (χ2v) is 6.07. The van der Waals surface area contributed by atoms with Crippen molar-refractivity contribution in [1.82, 2.24) is 15.0 Å². The van der Waals surface area contributed by atoms with E-state index in [2.05, 4.69) is 20.3 Å². The molecule has 0 bridgehead atoms. The Balaban J connectivity index is 1.77. The van der Waals surface area contributed by atoms with Gasteiger partial charge in [-0.3, -0.25) is 10.1 Å². The van der Waals surface area contributed by atoms with Gasteiger partial charge in [0.05, 0.1) is 4.92 Å². The van der Waals surface area contributed by atoms with Crippen LogP contribution in [0, 0.1) is 10.1 Å². The van der Waals surface area contributed by atoms with Gasteiger partial charge in [0.15, 0.2) is 5.13 Å². The molecule has 1 N–H and O–H groups in total. The fraction of sp³-hybridized carbons (Fsp3) is 0. The number of aromatic nitrogens is 3. The zero-order valence-corrected chi connectivity index (χ0v) is 14.0. The van der Waals surface area contributed by atoms with E-state index < -0.39 is 4.92 Å². The molecule has 0 amide bonds. The second kappa shape index (κ2) is 6.73. The molecule has 0 saturated heterocycles. The van der Waals surface area contributed by atoms with Crippen molar-refractivity contribution in [1.29, 1.82) is 0 Å². The summed E-state index contributed by atoms with van der Waals surface area (Å²) in [5, 5.41) is 18.5. The van der Waals surface area contributed by atoms with Crippen molar-refractivity contribution < 1.29 is 9.66 Å². The third-order valence-electron chi connectivity index (χ3n) is 3.59. The monoisotopic (exact) mass is 365 g/mol. The molecule has 0 aliphatic carbocycles. The number of ether oxygens (including phenoxy) is 1. The van der Waals surface area contributed by atoms with Crippen molar-refractivity contribution in [2.75, 3.05) is 5.32 Å². The number of benzene rings is 2. The number of hydrogen-bond acceptors (Lipinski definition) is 8. The average Bonchev–Trinajstić information content (AvgIpc) is 3.15.